The summed E-state index contributed by atoms with van der Waals surface area (Å²) >= 11 is 0. The molecule has 0 saturated heterocycles. The molecule has 1 aliphatic carbocycles. The van der Waals surface area contributed by atoms with Gasteiger partial charge in [-0.2, -0.15) is 0 Å². The van der Waals surface area contributed by atoms with Crippen molar-refractivity contribution in [2.24, 2.45) is 17.8 Å². The Hall–Kier alpha value is -0.830. The molecule has 1 aliphatic heterocycles. The van der Waals surface area contributed by atoms with E-state index in [1.807, 2.05) is 0 Å². The van der Waals surface area contributed by atoms with Crippen molar-refractivity contribution < 1.29 is 0 Å². The summed E-state index contributed by atoms with van der Waals surface area (Å²) in [5.74, 6) is 3.67. The fraction of sp³-hybridized carbons (Fsp3) is 0.824. The number of imidazole rings is 1. The van der Waals surface area contributed by atoms with E-state index in [4.69, 9.17) is 4.98 Å². The number of hydrogen-bond acceptors (Lipinski definition) is 2. The molecular weight excluding hydrogens is 246 g/mol. The zero-order valence-corrected chi connectivity index (χ0v) is 13.4. The largest absolute Gasteiger partial charge is 0.328 e. The van der Waals surface area contributed by atoms with Crippen LogP contribution in [0.2, 0.25) is 0 Å². The lowest BCUT2D eigenvalue weighted by Crippen LogP contribution is -2.27. The first-order valence-corrected chi connectivity index (χ1v) is 8.37. The molecule has 0 radical (unpaired) electrons. The lowest BCUT2D eigenvalue weighted by molar-refractivity contribution is 0.335. The summed E-state index contributed by atoms with van der Waals surface area (Å²) in [5.41, 5.74) is 2.85. The first-order chi connectivity index (χ1) is 9.58. The van der Waals surface area contributed by atoms with Crippen LogP contribution in [0.1, 0.15) is 63.8 Å². The Morgan fingerprint density at radius 3 is 2.75 bits per heavy atom. The van der Waals surface area contributed by atoms with Gasteiger partial charge >= 0.3 is 0 Å². The minimum atomic E-state index is 0.680. The van der Waals surface area contributed by atoms with Gasteiger partial charge in [0.05, 0.1) is 5.69 Å². The van der Waals surface area contributed by atoms with Crippen LogP contribution in [0.15, 0.2) is 0 Å². The molecule has 3 unspecified atom stereocenters. The number of nitrogens with one attached hydrogen (secondary N) is 1. The SMILES string of the molecule is CC(C)Cc1nc2c(n1C1CCC(C)C1C)CCNC2. The zero-order valence-electron chi connectivity index (χ0n) is 13.4. The van der Waals surface area contributed by atoms with Gasteiger partial charge in [0.1, 0.15) is 5.82 Å². The van der Waals surface area contributed by atoms with Crippen LogP contribution in [0.4, 0.5) is 0 Å². The molecule has 112 valence electrons. The van der Waals surface area contributed by atoms with Gasteiger partial charge < -0.3 is 9.88 Å². The average Bonchev–Trinajstić information content (AvgIpc) is 2.90. The molecule has 1 aromatic rings. The van der Waals surface area contributed by atoms with Gasteiger partial charge in [0.2, 0.25) is 0 Å². The molecule has 2 heterocycles. The maximum absolute atomic E-state index is 5.00. The van der Waals surface area contributed by atoms with Crippen LogP contribution in [0.5, 0.6) is 0 Å². The van der Waals surface area contributed by atoms with Crippen LogP contribution < -0.4 is 5.32 Å². The Labute approximate surface area is 123 Å². The first kappa shape index (κ1) is 14.1. The summed E-state index contributed by atoms with van der Waals surface area (Å²) in [6.45, 7) is 11.5. The molecule has 0 aromatic carbocycles. The zero-order chi connectivity index (χ0) is 14.3. The molecule has 3 rings (SSSR count). The van der Waals surface area contributed by atoms with Crippen LogP contribution in [0.25, 0.3) is 0 Å². The molecule has 0 bridgehead atoms. The predicted molar refractivity (Wildman–Crippen MR) is 82.8 cm³/mol. The molecule has 3 atom stereocenters. The minimum absolute atomic E-state index is 0.680. The Morgan fingerprint density at radius 1 is 1.30 bits per heavy atom. The predicted octanol–water partition coefficient (Wildman–Crippen LogP) is 3.33. The van der Waals surface area contributed by atoms with E-state index in [1.165, 1.54) is 30.1 Å². The van der Waals surface area contributed by atoms with Crippen LogP contribution >= 0.6 is 0 Å². The summed E-state index contributed by atoms with van der Waals surface area (Å²) in [6, 6.07) is 0.688. The highest BCUT2D eigenvalue weighted by molar-refractivity contribution is 5.22. The second-order valence-electron chi connectivity index (χ2n) is 7.30. The van der Waals surface area contributed by atoms with Gasteiger partial charge in [-0.15, -0.1) is 0 Å². The van der Waals surface area contributed by atoms with Crippen molar-refractivity contribution in [2.75, 3.05) is 6.54 Å². The highest BCUT2D eigenvalue weighted by Gasteiger charge is 2.34. The second-order valence-corrected chi connectivity index (χ2v) is 7.30. The van der Waals surface area contributed by atoms with Gasteiger partial charge in [0.25, 0.3) is 0 Å². The van der Waals surface area contributed by atoms with E-state index >= 15 is 0 Å². The third-order valence-corrected chi connectivity index (χ3v) is 5.34. The molecule has 1 saturated carbocycles. The van der Waals surface area contributed by atoms with Gasteiger partial charge in [-0.1, -0.05) is 27.7 Å². The second kappa shape index (κ2) is 5.51. The lowest BCUT2D eigenvalue weighted by atomic mass is 9.97. The van der Waals surface area contributed by atoms with E-state index in [0.717, 1.165) is 37.8 Å². The van der Waals surface area contributed by atoms with Crippen molar-refractivity contribution in [3.63, 3.8) is 0 Å². The fourth-order valence-corrected chi connectivity index (χ4v) is 3.99. The van der Waals surface area contributed by atoms with E-state index in [2.05, 4.69) is 37.6 Å². The molecule has 2 aliphatic rings. The van der Waals surface area contributed by atoms with Crippen molar-refractivity contribution in [1.82, 2.24) is 14.9 Å². The Bertz CT molecular complexity index is 475. The maximum Gasteiger partial charge on any atom is 0.109 e. The quantitative estimate of drug-likeness (QED) is 0.917. The summed E-state index contributed by atoms with van der Waals surface area (Å²) < 4.78 is 2.66. The molecular formula is C17H29N3. The minimum Gasteiger partial charge on any atom is -0.328 e. The molecule has 0 amide bonds. The molecule has 20 heavy (non-hydrogen) atoms. The van der Waals surface area contributed by atoms with Crippen molar-refractivity contribution in [2.45, 2.75) is 66.0 Å². The third kappa shape index (κ3) is 2.41. The van der Waals surface area contributed by atoms with Crippen LogP contribution in [-0.2, 0) is 19.4 Å². The smallest absolute Gasteiger partial charge is 0.109 e. The third-order valence-electron chi connectivity index (χ3n) is 5.34. The van der Waals surface area contributed by atoms with E-state index in [1.54, 1.807) is 0 Å². The number of nitrogens with zero attached hydrogens (tertiary/aromatic N) is 2. The normalized spacial score (nSPS) is 29.9. The number of aromatic nitrogens is 2. The highest BCUT2D eigenvalue weighted by Crippen LogP contribution is 2.42. The molecule has 3 nitrogen and oxygen atoms in total. The Balaban J connectivity index is 2.00. The van der Waals surface area contributed by atoms with Crippen molar-refractivity contribution >= 4 is 0 Å². The fourth-order valence-electron chi connectivity index (χ4n) is 3.99. The Morgan fingerprint density at radius 2 is 2.10 bits per heavy atom. The topological polar surface area (TPSA) is 29.9 Å². The first-order valence-electron chi connectivity index (χ1n) is 8.37. The van der Waals surface area contributed by atoms with Crippen molar-refractivity contribution in [3.8, 4) is 0 Å². The van der Waals surface area contributed by atoms with Gasteiger partial charge in [-0.05, 0) is 30.6 Å². The number of hydrogen-bond donors (Lipinski definition) is 1. The van der Waals surface area contributed by atoms with Crippen molar-refractivity contribution in [1.29, 1.82) is 0 Å². The van der Waals surface area contributed by atoms with E-state index in [-0.39, 0.29) is 0 Å². The van der Waals surface area contributed by atoms with E-state index < -0.39 is 0 Å². The molecule has 1 aromatic heterocycles. The number of rotatable bonds is 3. The van der Waals surface area contributed by atoms with Crippen LogP contribution in [0, 0.1) is 17.8 Å². The van der Waals surface area contributed by atoms with Gasteiger partial charge in [-0.3, -0.25) is 0 Å². The maximum atomic E-state index is 5.00. The highest BCUT2D eigenvalue weighted by atomic mass is 15.1. The number of fused-ring (bicyclic) bond motifs is 1. The lowest BCUT2D eigenvalue weighted by Gasteiger charge is -2.26. The van der Waals surface area contributed by atoms with Gasteiger partial charge in [0.15, 0.2) is 0 Å². The molecule has 1 fully saturated rings. The average molecular weight is 275 g/mol. The van der Waals surface area contributed by atoms with Crippen molar-refractivity contribution in [3.05, 3.63) is 17.2 Å². The standard InChI is InChI=1S/C17H29N3/c1-11(2)9-17-19-14-10-18-8-7-16(14)20(17)15-6-5-12(3)13(15)4/h11-13,15,18H,5-10H2,1-4H3. The molecule has 1 N–H and O–H groups in total. The van der Waals surface area contributed by atoms with Crippen LogP contribution in [-0.4, -0.2) is 16.1 Å². The summed E-state index contributed by atoms with van der Waals surface area (Å²) in [5, 5.41) is 3.47. The summed E-state index contributed by atoms with van der Waals surface area (Å²) in [4.78, 5) is 5.00. The van der Waals surface area contributed by atoms with Crippen LogP contribution in [0.3, 0.4) is 0 Å². The molecule has 0 spiro atoms. The Kier molecular flexibility index (Phi) is 3.89. The summed E-state index contributed by atoms with van der Waals surface area (Å²) in [7, 11) is 0. The molecule has 3 heteroatoms. The van der Waals surface area contributed by atoms with Gasteiger partial charge in [-0.25, -0.2) is 4.98 Å². The summed E-state index contributed by atoms with van der Waals surface area (Å²) in [6.07, 6.45) is 4.98. The van der Waals surface area contributed by atoms with E-state index in [0.29, 0.717) is 12.0 Å². The van der Waals surface area contributed by atoms with Gasteiger partial charge in [0, 0.05) is 37.7 Å². The van der Waals surface area contributed by atoms with E-state index in [9.17, 15) is 0 Å². The monoisotopic (exact) mass is 275 g/mol.